The molecule has 7 nitrogen and oxygen atoms in total. The van der Waals surface area contributed by atoms with E-state index in [0.717, 1.165) is 41.6 Å². The van der Waals surface area contributed by atoms with Crippen LogP contribution in [-0.2, 0) is 4.74 Å². The van der Waals surface area contributed by atoms with Gasteiger partial charge in [0.2, 0.25) is 0 Å². The van der Waals surface area contributed by atoms with E-state index in [2.05, 4.69) is 36.5 Å². The van der Waals surface area contributed by atoms with Gasteiger partial charge in [-0.05, 0) is 50.8 Å². The van der Waals surface area contributed by atoms with Crippen LogP contribution in [-0.4, -0.2) is 35.3 Å². The number of hydrogen-bond acceptors (Lipinski definition) is 5. The minimum absolute atomic E-state index is 0.0900. The van der Waals surface area contributed by atoms with Crippen molar-refractivity contribution in [1.29, 1.82) is 0 Å². The maximum atomic E-state index is 12.3. The predicted molar refractivity (Wildman–Crippen MR) is 107 cm³/mol. The molecular formula is C19H23BrN4O3. The Morgan fingerprint density at radius 2 is 2.11 bits per heavy atom. The maximum Gasteiger partial charge on any atom is 0.325 e. The molecule has 27 heavy (non-hydrogen) atoms. The molecule has 1 aliphatic rings. The third kappa shape index (κ3) is 5.64. The van der Waals surface area contributed by atoms with Crippen LogP contribution in [0.25, 0.3) is 0 Å². The Labute approximate surface area is 167 Å². The summed E-state index contributed by atoms with van der Waals surface area (Å²) in [7, 11) is 0. The van der Waals surface area contributed by atoms with Gasteiger partial charge in [-0.2, -0.15) is 0 Å². The average Bonchev–Trinajstić information content (AvgIpc) is 2.66. The topological polar surface area (TPSA) is 85.4 Å². The van der Waals surface area contributed by atoms with Crippen molar-refractivity contribution in [2.24, 2.45) is 0 Å². The summed E-state index contributed by atoms with van der Waals surface area (Å²) in [6.07, 6.45) is 6.44. The Morgan fingerprint density at radius 1 is 1.26 bits per heavy atom. The monoisotopic (exact) mass is 434 g/mol. The van der Waals surface area contributed by atoms with E-state index in [1.807, 2.05) is 26.0 Å². The van der Waals surface area contributed by atoms with Crippen molar-refractivity contribution in [2.75, 3.05) is 23.8 Å². The molecule has 0 spiro atoms. The molecule has 1 aromatic heterocycles. The van der Waals surface area contributed by atoms with Crippen molar-refractivity contribution in [3.05, 3.63) is 40.3 Å². The van der Waals surface area contributed by atoms with Gasteiger partial charge in [0, 0.05) is 11.1 Å². The van der Waals surface area contributed by atoms with Gasteiger partial charge >= 0.3 is 6.03 Å². The molecule has 2 N–H and O–H groups in total. The molecule has 0 saturated carbocycles. The number of amides is 2. The van der Waals surface area contributed by atoms with E-state index in [9.17, 15) is 4.79 Å². The van der Waals surface area contributed by atoms with Gasteiger partial charge in [0.15, 0.2) is 5.82 Å². The quantitative estimate of drug-likeness (QED) is 0.725. The molecule has 0 bridgehead atoms. The average molecular weight is 435 g/mol. The molecule has 1 fully saturated rings. The van der Waals surface area contributed by atoms with Crippen LogP contribution in [0.5, 0.6) is 5.75 Å². The molecule has 0 aliphatic carbocycles. The van der Waals surface area contributed by atoms with Crippen molar-refractivity contribution in [3.8, 4) is 5.75 Å². The predicted octanol–water partition coefficient (Wildman–Crippen LogP) is 4.45. The lowest BCUT2D eigenvalue weighted by atomic mass is 10.1. The first-order valence-corrected chi connectivity index (χ1v) is 9.72. The Balaban J connectivity index is 1.67. The molecule has 1 aliphatic heterocycles. The van der Waals surface area contributed by atoms with Gasteiger partial charge in [0.25, 0.3) is 0 Å². The summed E-state index contributed by atoms with van der Waals surface area (Å²) in [5, 5.41) is 5.48. The Hall–Kier alpha value is -2.19. The molecule has 8 heteroatoms. The Kier molecular flexibility index (Phi) is 6.63. The number of carbonyl (C=O) groups excluding carboxylic acids is 1. The largest absolute Gasteiger partial charge is 0.489 e. The third-order valence-electron chi connectivity index (χ3n) is 4.23. The van der Waals surface area contributed by atoms with Crippen LogP contribution < -0.4 is 15.4 Å². The second kappa shape index (κ2) is 9.14. The number of anilines is 2. The number of aromatic nitrogens is 2. The standard InChI is InChI=1S/C19H23BrN4O3/c1-12-7-17(27-11-14-5-3-4-6-26-14)16(8-15(12)20)23-19(25)24-18-10-21-13(2)9-22-18/h7-10,14H,3-6,11H2,1-2H3,(H2,22,23,24,25)/t14-/m1/s1. The molecule has 1 atom stereocenters. The highest BCUT2D eigenvalue weighted by atomic mass is 79.9. The van der Waals surface area contributed by atoms with Gasteiger partial charge in [-0.3, -0.25) is 10.3 Å². The highest BCUT2D eigenvalue weighted by molar-refractivity contribution is 9.10. The van der Waals surface area contributed by atoms with Crippen molar-refractivity contribution >= 4 is 33.5 Å². The highest BCUT2D eigenvalue weighted by Gasteiger charge is 2.17. The number of benzene rings is 1. The number of aryl methyl sites for hydroxylation is 2. The van der Waals surface area contributed by atoms with Crippen LogP contribution in [0.3, 0.4) is 0 Å². The van der Waals surface area contributed by atoms with E-state index < -0.39 is 6.03 Å². The van der Waals surface area contributed by atoms with Crippen molar-refractivity contribution < 1.29 is 14.3 Å². The summed E-state index contributed by atoms with van der Waals surface area (Å²) in [5.74, 6) is 0.984. The lowest BCUT2D eigenvalue weighted by molar-refractivity contribution is -0.0109. The first-order valence-electron chi connectivity index (χ1n) is 8.92. The molecule has 0 unspecified atom stereocenters. The van der Waals surface area contributed by atoms with Gasteiger partial charge in [-0.25, -0.2) is 9.78 Å². The number of urea groups is 1. The first-order chi connectivity index (χ1) is 13.0. The van der Waals surface area contributed by atoms with Crippen LogP contribution >= 0.6 is 15.9 Å². The first kappa shape index (κ1) is 19.6. The maximum absolute atomic E-state index is 12.3. The van der Waals surface area contributed by atoms with Crippen LogP contribution in [0.4, 0.5) is 16.3 Å². The molecule has 1 aromatic carbocycles. The van der Waals surface area contributed by atoms with Gasteiger partial charge < -0.3 is 14.8 Å². The van der Waals surface area contributed by atoms with Crippen molar-refractivity contribution in [3.63, 3.8) is 0 Å². The molecule has 144 valence electrons. The lowest BCUT2D eigenvalue weighted by Crippen LogP contribution is -2.26. The fourth-order valence-corrected chi connectivity index (χ4v) is 3.06. The number of ether oxygens (including phenoxy) is 2. The fraction of sp³-hybridized carbons (Fsp3) is 0.421. The van der Waals surface area contributed by atoms with E-state index >= 15 is 0 Å². The van der Waals surface area contributed by atoms with Crippen LogP contribution in [0.2, 0.25) is 0 Å². The molecule has 2 aromatic rings. The zero-order valence-corrected chi connectivity index (χ0v) is 17.0. The van der Waals surface area contributed by atoms with E-state index in [1.165, 1.54) is 6.20 Å². The van der Waals surface area contributed by atoms with E-state index in [-0.39, 0.29) is 6.10 Å². The molecule has 1 saturated heterocycles. The fourth-order valence-electron chi connectivity index (χ4n) is 2.72. The number of hydrogen-bond donors (Lipinski definition) is 2. The zero-order valence-electron chi connectivity index (χ0n) is 15.4. The normalized spacial score (nSPS) is 16.6. The summed E-state index contributed by atoms with van der Waals surface area (Å²) in [4.78, 5) is 20.6. The second-order valence-corrected chi connectivity index (χ2v) is 7.37. The molecule has 0 radical (unpaired) electrons. The minimum Gasteiger partial charge on any atom is -0.489 e. The number of rotatable bonds is 5. The van der Waals surface area contributed by atoms with E-state index in [0.29, 0.717) is 23.9 Å². The number of nitrogens with zero attached hydrogens (tertiary/aromatic N) is 2. The second-order valence-electron chi connectivity index (χ2n) is 6.52. The number of carbonyl (C=O) groups is 1. The lowest BCUT2D eigenvalue weighted by Gasteiger charge is -2.23. The van der Waals surface area contributed by atoms with E-state index in [4.69, 9.17) is 9.47 Å². The van der Waals surface area contributed by atoms with Crippen LogP contribution in [0, 0.1) is 13.8 Å². The summed E-state index contributed by atoms with van der Waals surface area (Å²) < 4.78 is 12.6. The number of nitrogens with one attached hydrogen (secondary N) is 2. The molecular weight excluding hydrogens is 412 g/mol. The SMILES string of the molecule is Cc1cnc(NC(=O)Nc2cc(Br)c(C)cc2OC[C@H]2CCCCO2)cn1. The summed E-state index contributed by atoms with van der Waals surface area (Å²) >= 11 is 3.50. The highest BCUT2D eigenvalue weighted by Crippen LogP contribution is 2.32. The molecule has 2 heterocycles. The third-order valence-corrected chi connectivity index (χ3v) is 5.08. The number of halogens is 1. The van der Waals surface area contributed by atoms with E-state index in [1.54, 1.807) is 6.20 Å². The summed E-state index contributed by atoms with van der Waals surface area (Å²) in [6.45, 7) is 5.04. The minimum atomic E-state index is -0.414. The Morgan fingerprint density at radius 3 is 2.81 bits per heavy atom. The van der Waals surface area contributed by atoms with Crippen LogP contribution in [0.15, 0.2) is 29.0 Å². The van der Waals surface area contributed by atoms with Crippen molar-refractivity contribution in [2.45, 2.75) is 39.2 Å². The summed E-state index contributed by atoms with van der Waals surface area (Å²) in [6, 6.07) is 3.31. The summed E-state index contributed by atoms with van der Waals surface area (Å²) in [5.41, 5.74) is 2.37. The van der Waals surface area contributed by atoms with Crippen molar-refractivity contribution in [1.82, 2.24) is 9.97 Å². The Bertz CT molecular complexity index is 792. The molecule has 3 rings (SSSR count). The van der Waals surface area contributed by atoms with Gasteiger partial charge in [0.05, 0.1) is 29.9 Å². The van der Waals surface area contributed by atoms with Crippen LogP contribution in [0.1, 0.15) is 30.5 Å². The van der Waals surface area contributed by atoms with Gasteiger partial charge in [-0.1, -0.05) is 15.9 Å². The zero-order chi connectivity index (χ0) is 19.2. The molecule has 2 amide bonds. The smallest absolute Gasteiger partial charge is 0.325 e. The van der Waals surface area contributed by atoms with Gasteiger partial charge in [-0.15, -0.1) is 0 Å². The van der Waals surface area contributed by atoms with Gasteiger partial charge in [0.1, 0.15) is 12.4 Å².